The summed E-state index contributed by atoms with van der Waals surface area (Å²) in [5, 5.41) is 6.33. The first-order valence-electron chi connectivity index (χ1n) is 9.48. The molecular formula is C20H31N3O2. The highest BCUT2D eigenvalue weighted by molar-refractivity contribution is 5.74. The Labute approximate surface area is 151 Å². The number of hydrogen-bond acceptors (Lipinski definition) is 3. The maximum Gasteiger partial charge on any atom is 0.315 e. The molecule has 2 saturated heterocycles. The van der Waals surface area contributed by atoms with Crippen LogP contribution in [0.15, 0.2) is 30.3 Å². The van der Waals surface area contributed by atoms with E-state index in [9.17, 15) is 4.79 Å². The molecule has 2 heterocycles. The molecule has 2 amide bonds. The molecule has 0 saturated carbocycles. The van der Waals surface area contributed by atoms with E-state index >= 15 is 0 Å². The number of amides is 2. The van der Waals surface area contributed by atoms with Gasteiger partial charge in [-0.25, -0.2) is 4.79 Å². The van der Waals surface area contributed by atoms with Crippen LogP contribution in [0.2, 0.25) is 0 Å². The van der Waals surface area contributed by atoms with Gasteiger partial charge in [-0.2, -0.15) is 0 Å². The second kappa shape index (κ2) is 8.19. The summed E-state index contributed by atoms with van der Waals surface area (Å²) in [5.41, 5.74) is 1.32. The van der Waals surface area contributed by atoms with Crippen LogP contribution in [-0.4, -0.2) is 48.3 Å². The molecule has 2 aliphatic rings. The van der Waals surface area contributed by atoms with Gasteiger partial charge >= 0.3 is 6.03 Å². The van der Waals surface area contributed by atoms with Gasteiger partial charge in [0.25, 0.3) is 0 Å². The van der Waals surface area contributed by atoms with Crippen molar-refractivity contribution in [1.82, 2.24) is 15.5 Å². The van der Waals surface area contributed by atoms with Gasteiger partial charge in [-0.3, -0.25) is 4.90 Å². The number of carbonyl (C=O) groups excluding carboxylic acids is 1. The Hall–Kier alpha value is -1.59. The number of hydrogen-bond donors (Lipinski definition) is 2. The normalized spacial score (nSPS) is 33.2. The number of ether oxygens (including phenoxy) is 1. The van der Waals surface area contributed by atoms with Crippen molar-refractivity contribution in [2.24, 2.45) is 5.92 Å². The highest BCUT2D eigenvalue weighted by Crippen LogP contribution is 2.20. The summed E-state index contributed by atoms with van der Waals surface area (Å²) in [6.45, 7) is 9.23. The zero-order valence-electron chi connectivity index (χ0n) is 15.6. The van der Waals surface area contributed by atoms with Gasteiger partial charge in [0.05, 0.1) is 12.2 Å². The topological polar surface area (TPSA) is 53.6 Å². The molecule has 0 aliphatic carbocycles. The van der Waals surface area contributed by atoms with E-state index in [2.05, 4.69) is 60.6 Å². The van der Waals surface area contributed by atoms with E-state index in [-0.39, 0.29) is 30.3 Å². The third-order valence-corrected chi connectivity index (χ3v) is 5.29. The average molecular weight is 345 g/mol. The number of carbonyl (C=O) groups is 1. The van der Waals surface area contributed by atoms with E-state index in [0.29, 0.717) is 5.92 Å². The van der Waals surface area contributed by atoms with Gasteiger partial charge in [-0.05, 0) is 38.2 Å². The molecule has 0 bridgehead atoms. The third-order valence-electron chi connectivity index (χ3n) is 5.29. The summed E-state index contributed by atoms with van der Waals surface area (Å²) < 4.78 is 5.74. The number of benzene rings is 1. The van der Waals surface area contributed by atoms with Crippen LogP contribution in [0.1, 0.15) is 39.2 Å². The van der Waals surface area contributed by atoms with Crippen molar-refractivity contribution < 1.29 is 9.53 Å². The highest BCUT2D eigenvalue weighted by atomic mass is 16.5. The molecule has 0 aromatic heterocycles. The van der Waals surface area contributed by atoms with Crippen LogP contribution in [0, 0.1) is 5.92 Å². The lowest BCUT2D eigenvalue weighted by molar-refractivity contribution is -0.0402. The van der Waals surface area contributed by atoms with E-state index in [4.69, 9.17) is 4.74 Å². The summed E-state index contributed by atoms with van der Waals surface area (Å²) in [7, 11) is 0. The lowest BCUT2D eigenvalue weighted by Crippen LogP contribution is -2.51. The Morgan fingerprint density at radius 2 is 1.76 bits per heavy atom. The van der Waals surface area contributed by atoms with Crippen molar-refractivity contribution >= 4 is 6.03 Å². The lowest BCUT2D eigenvalue weighted by atomic mass is 10.00. The molecule has 0 unspecified atom stereocenters. The number of likely N-dealkylation sites (tertiary alicyclic amines) is 1. The van der Waals surface area contributed by atoms with Crippen LogP contribution in [0.5, 0.6) is 0 Å². The summed E-state index contributed by atoms with van der Waals surface area (Å²) in [4.78, 5) is 14.8. The SMILES string of the molecule is C[C@@H]1CC(NC(=O)N[C@@H]2CN(Cc3ccccc3)C[C@@H]2C)C[C@@H](C)O1. The van der Waals surface area contributed by atoms with Crippen LogP contribution < -0.4 is 10.6 Å². The van der Waals surface area contributed by atoms with Gasteiger partial charge in [0, 0.05) is 31.7 Å². The van der Waals surface area contributed by atoms with Crippen LogP contribution in [-0.2, 0) is 11.3 Å². The quantitative estimate of drug-likeness (QED) is 0.882. The molecule has 1 aromatic rings. The molecule has 4 atom stereocenters. The van der Waals surface area contributed by atoms with Gasteiger partial charge in [0.2, 0.25) is 0 Å². The molecule has 2 aliphatic heterocycles. The van der Waals surface area contributed by atoms with E-state index in [1.807, 2.05) is 6.07 Å². The fourth-order valence-electron chi connectivity index (χ4n) is 4.14. The number of urea groups is 1. The molecule has 1 aromatic carbocycles. The van der Waals surface area contributed by atoms with Gasteiger partial charge in [-0.1, -0.05) is 37.3 Å². The van der Waals surface area contributed by atoms with Crippen LogP contribution in [0.25, 0.3) is 0 Å². The fourth-order valence-corrected chi connectivity index (χ4v) is 4.14. The van der Waals surface area contributed by atoms with Crippen molar-refractivity contribution in [1.29, 1.82) is 0 Å². The Balaban J connectivity index is 1.46. The van der Waals surface area contributed by atoms with Gasteiger partial charge < -0.3 is 15.4 Å². The smallest absolute Gasteiger partial charge is 0.315 e. The first-order chi connectivity index (χ1) is 12.0. The van der Waals surface area contributed by atoms with E-state index < -0.39 is 0 Å². The highest BCUT2D eigenvalue weighted by Gasteiger charge is 2.32. The monoisotopic (exact) mass is 345 g/mol. The standard InChI is InChI=1S/C20H31N3O2/c1-14-11-23(12-17-7-5-4-6-8-17)13-19(14)22-20(24)21-18-9-15(2)25-16(3)10-18/h4-8,14-16,18-19H,9-13H2,1-3H3,(H2,21,22,24)/t14-,15+,16+,19+/m0/s1. The maximum absolute atomic E-state index is 12.4. The predicted molar refractivity (Wildman–Crippen MR) is 99.4 cm³/mol. The van der Waals surface area contributed by atoms with Gasteiger partial charge in [-0.15, -0.1) is 0 Å². The zero-order valence-corrected chi connectivity index (χ0v) is 15.6. The van der Waals surface area contributed by atoms with Crippen LogP contribution in [0.3, 0.4) is 0 Å². The number of nitrogens with one attached hydrogen (secondary N) is 2. The summed E-state index contributed by atoms with van der Waals surface area (Å²) in [6.07, 6.45) is 2.19. The summed E-state index contributed by atoms with van der Waals surface area (Å²) in [5.74, 6) is 0.460. The summed E-state index contributed by atoms with van der Waals surface area (Å²) >= 11 is 0. The Kier molecular flexibility index (Phi) is 5.97. The third kappa shape index (κ3) is 5.19. The van der Waals surface area contributed by atoms with Crippen LogP contribution >= 0.6 is 0 Å². The average Bonchev–Trinajstić information content (AvgIpc) is 2.86. The molecule has 2 fully saturated rings. The number of rotatable bonds is 4. The Morgan fingerprint density at radius 3 is 2.44 bits per heavy atom. The second-order valence-corrected chi connectivity index (χ2v) is 7.81. The van der Waals surface area contributed by atoms with Gasteiger partial charge in [0.1, 0.15) is 0 Å². The minimum Gasteiger partial charge on any atom is -0.375 e. The van der Waals surface area contributed by atoms with E-state index in [0.717, 1.165) is 32.5 Å². The first-order valence-corrected chi connectivity index (χ1v) is 9.48. The predicted octanol–water partition coefficient (Wildman–Crippen LogP) is 2.76. The molecule has 5 heteroatoms. The molecule has 138 valence electrons. The molecule has 2 N–H and O–H groups in total. The Bertz CT molecular complexity index is 555. The molecule has 0 spiro atoms. The van der Waals surface area contributed by atoms with Crippen molar-refractivity contribution in [3.63, 3.8) is 0 Å². The molecule has 0 radical (unpaired) electrons. The van der Waals surface area contributed by atoms with E-state index in [1.54, 1.807) is 0 Å². The van der Waals surface area contributed by atoms with Crippen molar-refractivity contribution in [3.8, 4) is 0 Å². The minimum absolute atomic E-state index is 0.0373. The second-order valence-electron chi connectivity index (χ2n) is 7.81. The number of nitrogens with zero attached hydrogens (tertiary/aromatic N) is 1. The zero-order chi connectivity index (χ0) is 17.8. The lowest BCUT2D eigenvalue weighted by Gasteiger charge is -2.33. The van der Waals surface area contributed by atoms with Crippen LogP contribution in [0.4, 0.5) is 4.79 Å². The first kappa shape index (κ1) is 18.2. The summed E-state index contributed by atoms with van der Waals surface area (Å²) in [6, 6.07) is 10.9. The van der Waals surface area contributed by atoms with E-state index in [1.165, 1.54) is 5.56 Å². The largest absolute Gasteiger partial charge is 0.375 e. The van der Waals surface area contributed by atoms with Crippen molar-refractivity contribution in [3.05, 3.63) is 35.9 Å². The molecule has 5 nitrogen and oxygen atoms in total. The van der Waals surface area contributed by atoms with Crippen molar-refractivity contribution in [2.45, 2.75) is 64.4 Å². The van der Waals surface area contributed by atoms with Gasteiger partial charge in [0.15, 0.2) is 0 Å². The Morgan fingerprint density at radius 1 is 1.08 bits per heavy atom. The minimum atomic E-state index is -0.0373. The molecule has 3 rings (SSSR count). The maximum atomic E-state index is 12.4. The molecule has 25 heavy (non-hydrogen) atoms. The van der Waals surface area contributed by atoms with Crippen molar-refractivity contribution in [2.75, 3.05) is 13.1 Å². The molecular weight excluding hydrogens is 314 g/mol. The fraction of sp³-hybridized carbons (Fsp3) is 0.650.